The van der Waals surface area contributed by atoms with Gasteiger partial charge in [-0.25, -0.2) is 0 Å². The minimum atomic E-state index is 0.0738. The van der Waals surface area contributed by atoms with Crippen LogP contribution in [0.3, 0.4) is 0 Å². The number of pyridine rings is 1. The highest BCUT2D eigenvalue weighted by molar-refractivity contribution is 6.05. The van der Waals surface area contributed by atoms with Crippen LogP contribution in [0.2, 0.25) is 0 Å². The molecule has 0 saturated carbocycles. The van der Waals surface area contributed by atoms with Crippen molar-refractivity contribution in [1.29, 1.82) is 0 Å². The molecular weight excluding hydrogens is 250 g/mol. The molecule has 3 rings (SSSR count). The SMILES string of the molecule is Cc1ccc2cccc(C(=O)N3CCC(CN)C3)c2n1. The number of aromatic nitrogens is 1. The first-order chi connectivity index (χ1) is 9.69. The van der Waals surface area contributed by atoms with Crippen LogP contribution in [-0.2, 0) is 0 Å². The Kier molecular flexibility index (Phi) is 3.40. The molecule has 1 aromatic carbocycles. The van der Waals surface area contributed by atoms with Gasteiger partial charge in [0.2, 0.25) is 0 Å². The lowest BCUT2D eigenvalue weighted by Gasteiger charge is -2.17. The number of rotatable bonds is 2. The van der Waals surface area contributed by atoms with E-state index in [0.29, 0.717) is 18.0 Å². The van der Waals surface area contributed by atoms with Gasteiger partial charge in [-0.1, -0.05) is 18.2 Å². The van der Waals surface area contributed by atoms with E-state index in [1.807, 2.05) is 42.2 Å². The molecule has 4 nitrogen and oxygen atoms in total. The summed E-state index contributed by atoms with van der Waals surface area (Å²) in [5.74, 6) is 0.508. The van der Waals surface area contributed by atoms with Crippen LogP contribution >= 0.6 is 0 Å². The van der Waals surface area contributed by atoms with Crippen LogP contribution in [0, 0.1) is 12.8 Å². The summed E-state index contributed by atoms with van der Waals surface area (Å²) in [6, 6.07) is 9.76. The third-order valence-corrected chi connectivity index (χ3v) is 4.00. The number of fused-ring (bicyclic) bond motifs is 1. The lowest BCUT2D eigenvalue weighted by molar-refractivity contribution is 0.0789. The molecule has 1 aliphatic heterocycles. The van der Waals surface area contributed by atoms with E-state index in [9.17, 15) is 4.79 Å². The molecule has 104 valence electrons. The number of aryl methyl sites for hydroxylation is 1. The van der Waals surface area contributed by atoms with Crippen LogP contribution in [-0.4, -0.2) is 35.4 Å². The number of nitrogens with zero attached hydrogens (tertiary/aromatic N) is 2. The Bertz CT molecular complexity index is 653. The second kappa shape index (κ2) is 5.21. The number of nitrogens with two attached hydrogens (primary N) is 1. The van der Waals surface area contributed by atoms with Gasteiger partial charge in [0.25, 0.3) is 5.91 Å². The zero-order valence-corrected chi connectivity index (χ0v) is 11.7. The summed E-state index contributed by atoms with van der Waals surface area (Å²) in [5, 5.41) is 1.01. The zero-order valence-electron chi connectivity index (χ0n) is 11.7. The molecule has 1 fully saturated rings. The van der Waals surface area contributed by atoms with Gasteiger partial charge in [-0.3, -0.25) is 9.78 Å². The normalized spacial score (nSPS) is 18.7. The van der Waals surface area contributed by atoms with Gasteiger partial charge in [0, 0.05) is 24.2 Å². The molecule has 20 heavy (non-hydrogen) atoms. The maximum atomic E-state index is 12.7. The van der Waals surface area contributed by atoms with Crippen LogP contribution in [0.15, 0.2) is 30.3 Å². The van der Waals surface area contributed by atoms with Crippen molar-refractivity contribution in [2.45, 2.75) is 13.3 Å². The van der Waals surface area contributed by atoms with Crippen LogP contribution < -0.4 is 5.73 Å². The van der Waals surface area contributed by atoms with Gasteiger partial charge >= 0.3 is 0 Å². The van der Waals surface area contributed by atoms with Gasteiger partial charge in [-0.15, -0.1) is 0 Å². The summed E-state index contributed by atoms with van der Waals surface area (Å²) >= 11 is 0. The topological polar surface area (TPSA) is 59.2 Å². The first-order valence-corrected chi connectivity index (χ1v) is 7.05. The maximum absolute atomic E-state index is 12.7. The number of hydrogen-bond donors (Lipinski definition) is 1. The number of carbonyl (C=O) groups is 1. The molecule has 0 spiro atoms. The van der Waals surface area contributed by atoms with Gasteiger partial charge < -0.3 is 10.6 Å². The number of hydrogen-bond acceptors (Lipinski definition) is 3. The predicted molar refractivity (Wildman–Crippen MR) is 79.5 cm³/mol. The van der Waals surface area contributed by atoms with Crippen LogP contribution in [0.25, 0.3) is 10.9 Å². The smallest absolute Gasteiger partial charge is 0.256 e. The maximum Gasteiger partial charge on any atom is 0.256 e. The first-order valence-electron chi connectivity index (χ1n) is 7.05. The third-order valence-electron chi connectivity index (χ3n) is 4.00. The standard InChI is InChI=1S/C16H19N3O/c1-11-5-6-13-3-2-4-14(15(13)18-11)16(20)19-8-7-12(9-17)10-19/h2-6,12H,7-10,17H2,1H3. The van der Waals surface area contributed by atoms with Crippen molar-refractivity contribution in [1.82, 2.24) is 9.88 Å². The monoisotopic (exact) mass is 269 g/mol. The predicted octanol–water partition coefficient (Wildman–Crippen LogP) is 1.96. The van der Waals surface area contributed by atoms with E-state index >= 15 is 0 Å². The van der Waals surface area contributed by atoms with E-state index in [1.54, 1.807) is 0 Å². The minimum absolute atomic E-state index is 0.0738. The van der Waals surface area contributed by atoms with Crippen molar-refractivity contribution in [2.24, 2.45) is 11.7 Å². The van der Waals surface area contributed by atoms with E-state index < -0.39 is 0 Å². The summed E-state index contributed by atoms with van der Waals surface area (Å²) in [6.07, 6.45) is 0.999. The molecule has 2 heterocycles. The average Bonchev–Trinajstić information content (AvgIpc) is 2.94. The van der Waals surface area contributed by atoms with Crippen LogP contribution in [0.5, 0.6) is 0 Å². The van der Waals surface area contributed by atoms with Gasteiger partial charge in [-0.05, 0) is 37.9 Å². The number of amides is 1. The fraction of sp³-hybridized carbons (Fsp3) is 0.375. The molecule has 0 bridgehead atoms. The van der Waals surface area contributed by atoms with E-state index in [4.69, 9.17) is 5.73 Å². The molecule has 1 amide bonds. The molecular formula is C16H19N3O. The second-order valence-corrected chi connectivity index (χ2v) is 5.47. The summed E-state index contributed by atoms with van der Waals surface area (Å²) in [6.45, 7) is 4.15. The molecule has 0 radical (unpaired) electrons. The van der Waals surface area contributed by atoms with Gasteiger partial charge in [0.15, 0.2) is 0 Å². The van der Waals surface area contributed by atoms with Gasteiger partial charge in [0.05, 0.1) is 11.1 Å². The second-order valence-electron chi connectivity index (χ2n) is 5.47. The Morgan fingerprint density at radius 3 is 3.00 bits per heavy atom. The minimum Gasteiger partial charge on any atom is -0.338 e. The Labute approximate surface area is 118 Å². The molecule has 1 unspecified atom stereocenters. The number of carbonyl (C=O) groups excluding carboxylic acids is 1. The average molecular weight is 269 g/mol. The molecule has 2 aromatic rings. The summed E-state index contributed by atoms with van der Waals surface area (Å²) in [7, 11) is 0. The Morgan fingerprint density at radius 1 is 1.40 bits per heavy atom. The largest absolute Gasteiger partial charge is 0.338 e. The number of para-hydroxylation sites is 1. The lowest BCUT2D eigenvalue weighted by Crippen LogP contribution is -2.30. The number of benzene rings is 1. The molecule has 4 heteroatoms. The summed E-state index contributed by atoms with van der Waals surface area (Å²) in [4.78, 5) is 19.1. The van der Waals surface area contributed by atoms with E-state index in [-0.39, 0.29) is 5.91 Å². The van der Waals surface area contributed by atoms with Crippen LogP contribution in [0.1, 0.15) is 22.5 Å². The highest BCUT2D eigenvalue weighted by atomic mass is 16.2. The highest BCUT2D eigenvalue weighted by Crippen LogP contribution is 2.22. The Morgan fingerprint density at radius 2 is 2.25 bits per heavy atom. The molecule has 1 saturated heterocycles. The van der Waals surface area contributed by atoms with E-state index in [2.05, 4.69) is 4.98 Å². The van der Waals surface area contributed by atoms with Crippen molar-refractivity contribution in [3.8, 4) is 0 Å². The third kappa shape index (κ3) is 2.27. The zero-order chi connectivity index (χ0) is 14.1. The fourth-order valence-electron chi connectivity index (χ4n) is 2.80. The molecule has 2 N–H and O–H groups in total. The van der Waals surface area contributed by atoms with Crippen molar-refractivity contribution < 1.29 is 4.79 Å². The number of likely N-dealkylation sites (tertiary alicyclic amines) is 1. The molecule has 1 aromatic heterocycles. The summed E-state index contributed by atoms with van der Waals surface area (Å²) in [5.41, 5.74) is 8.12. The van der Waals surface area contributed by atoms with E-state index in [1.165, 1.54) is 0 Å². The molecule has 1 aliphatic rings. The van der Waals surface area contributed by atoms with Gasteiger partial charge in [-0.2, -0.15) is 0 Å². The first kappa shape index (κ1) is 13.1. The van der Waals surface area contributed by atoms with E-state index in [0.717, 1.165) is 36.1 Å². The lowest BCUT2D eigenvalue weighted by atomic mass is 10.1. The van der Waals surface area contributed by atoms with Crippen molar-refractivity contribution >= 4 is 16.8 Å². The quantitative estimate of drug-likeness (QED) is 0.906. The van der Waals surface area contributed by atoms with Crippen molar-refractivity contribution in [3.05, 3.63) is 41.6 Å². The Balaban J connectivity index is 1.97. The molecule has 1 atom stereocenters. The summed E-state index contributed by atoms with van der Waals surface area (Å²) < 4.78 is 0. The van der Waals surface area contributed by atoms with Crippen molar-refractivity contribution in [2.75, 3.05) is 19.6 Å². The van der Waals surface area contributed by atoms with Gasteiger partial charge in [0.1, 0.15) is 0 Å². The van der Waals surface area contributed by atoms with Crippen LogP contribution in [0.4, 0.5) is 0 Å². The highest BCUT2D eigenvalue weighted by Gasteiger charge is 2.27. The Hall–Kier alpha value is -1.94. The fourth-order valence-corrected chi connectivity index (χ4v) is 2.80. The van der Waals surface area contributed by atoms with Crippen molar-refractivity contribution in [3.63, 3.8) is 0 Å². The molecule has 0 aliphatic carbocycles.